The number of fused-ring (bicyclic) bond motifs is 4. The summed E-state index contributed by atoms with van der Waals surface area (Å²) in [7, 11) is 0. The summed E-state index contributed by atoms with van der Waals surface area (Å²) in [6.45, 7) is 1.33. The molecule has 2 aromatic rings. The number of thiophene rings is 1. The zero-order valence-electron chi connectivity index (χ0n) is 12.5. The lowest BCUT2D eigenvalue weighted by Crippen LogP contribution is -2.37. The van der Waals surface area contributed by atoms with Gasteiger partial charge < -0.3 is 9.47 Å². The van der Waals surface area contributed by atoms with E-state index in [0.29, 0.717) is 24.9 Å². The molecule has 0 saturated heterocycles. The van der Waals surface area contributed by atoms with E-state index in [1.807, 2.05) is 18.2 Å². The fraction of sp³-hybridized carbons (Fsp3) is 0.316. The number of ether oxygens (including phenoxy) is 2. The zero-order valence-corrected chi connectivity index (χ0v) is 13.3. The maximum atomic E-state index is 12.6. The summed E-state index contributed by atoms with van der Waals surface area (Å²) >= 11 is 1.76. The van der Waals surface area contributed by atoms with Crippen LogP contribution in [-0.4, -0.2) is 19.2 Å². The van der Waals surface area contributed by atoms with E-state index in [4.69, 9.17) is 9.47 Å². The lowest BCUT2D eigenvalue weighted by atomic mass is 9.67. The summed E-state index contributed by atoms with van der Waals surface area (Å²) in [5.74, 6) is 0.950. The molecule has 0 amide bonds. The van der Waals surface area contributed by atoms with Gasteiger partial charge in [-0.3, -0.25) is 4.79 Å². The average molecular weight is 324 g/mol. The minimum atomic E-state index is -0.0996. The van der Waals surface area contributed by atoms with Gasteiger partial charge in [0.15, 0.2) is 0 Å². The molecule has 3 aliphatic rings. The van der Waals surface area contributed by atoms with Gasteiger partial charge in [-0.15, -0.1) is 11.3 Å². The van der Waals surface area contributed by atoms with Crippen LogP contribution in [0.2, 0.25) is 0 Å². The number of benzene rings is 1. The van der Waals surface area contributed by atoms with E-state index in [2.05, 4.69) is 23.6 Å². The molecule has 3 nitrogen and oxygen atoms in total. The number of rotatable bonds is 1. The highest BCUT2D eigenvalue weighted by molar-refractivity contribution is 7.10. The SMILES string of the molecule is O=C1Oc2ccccc2[C@H]2C3=C(COC3)[C@@H](c3cccs3)C[C@@H]12. The lowest BCUT2D eigenvalue weighted by Gasteiger charge is -2.39. The molecule has 0 fully saturated rings. The molecule has 0 bridgehead atoms. The minimum absolute atomic E-state index is 0.0892. The summed E-state index contributed by atoms with van der Waals surface area (Å²) in [5.41, 5.74) is 3.83. The van der Waals surface area contributed by atoms with Crippen molar-refractivity contribution in [2.75, 3.05) is 13.2 Å². The van der Waals surface area contributed by atoms with E-state index in [-0.39, 0.29) is 17.8 Å². The van der Waals surface area contributed by atoms with Gasteiger partial charge in [-0.1, -0.05) is 24.3 Å². The number of hydrogen-bond acceptors (Lipinski definition) is 4. The second-order valence-electron chi connectivity index (χ2n) is 6.39. The Hall–Kier alpha value is -1.91. The zero-order chi connectivity index (χ0) is 15.4. The highest BCUT2D eigenvalue weighted by Gasteiger charge is 2.47. The second kappa shape index (κ2) is 5.05. The Morgan fingerprint density at radius 2 is 1.91 bits per heavy atom. The van der Waals surface area contributed by atoms with Crippen LogP contribution in [0.5, 0.6) is 5.75 Å². The summed E-state index contributed by atoms with van der Waals surface area (Å²) < 4.78 is 11.4. The molecule has 1 aromatic heterocycles. The van der Waals surface area contributed by atoms with E-state index in [9.17, 15) is 4.79 Å². The molecule has 0 saturated carbocycles. The molecule has 0 spiro atoms. The van der Waals surface area contributed by atoms with Crippen molar-refractivity contribution in [1.82, 2.24) is 0 Å². The highest BCUT2D eigenvalue weighted by atomic mass is 32.1. The van der Waals surface area contributed by atoms with Crippen LogP contribution < -0.4 is 4.74 Å². The number of para-hydroxylation sites is 1. The molecule has 1 aliphatic carbocycles. The lowest BCUT2D eigenvalue weighted by molar-refractivity contribution is -0.141. The minimum Gasteiger partial charge on any atom is -0.426 e. The molecule has 116 valence electrons. The van der Waals surface area contributed by atoms with Gasteiger partial charge in [-0.2, -0.15) is 0 Å². The van der Waals surface area contributed by atoms with Gasteiger partial charge in [0, 0.05) is 22.3 Å². The summed E-state index contributed by atoms with van der Waals surface area (Å²) in [4.78, 5) is 13.9. The predicted octanol–water partition coefficient (Wildman–Crippen LogP) is 3.88. The van der Waals surface area contributed by atoms with Crippen LogP contribution in [0.25, 0.3) is 0 Å². The number of esters is 1. The molecule has 23 heavy (non-hydrogen) atoms. The molecule has 3 atom stereocenters. The van der Waals surface area contributed by atoms with Crippen molar-refractivity contribution >= 4 is 17.3 Å². The molecule has 4 heteroatoms. The van der Waals surface area contributed by atoms with Crippen LogP contribution in [0, 0.1) is 5.92 Å². The van der Waals surface area contributed by atoms with Gasteiger partial charge in [0.1, 0.15) is 5.75 Å². The molecule has 0 radical (unpaired) electrons. The molecule has 5 rings (SSSR count). The van der Waals surface area contributed by atoms with Crippen LogP contribution in [0.4, 0.5) is 0 Å². The number of carbonyl (C=O) groups excluding carboxylic acids is 1. The van der Waals surface area contributed by atoms with E-state index in [1.165, 1.54) is 16.0 Å². The van der Waals surface area contributed by atoms with Crippen molar-refractivity contribution in [3.05, 3.63) is 63.4 Å². The first kappa shape index (κ1) is 13.5. The predicted molar refractivity (Wildman–Crippen MR) is 87.8 cm³/mol. The first-order chi connectivity index (χ1) is 11.3. The Morgan fingerprint density at radius 3 is 2.78 bits per heavy atom. The molecule has 3 heterocycles. The summed E-state index contributed by atoms with van der Waals surface area (Å²) in [6, 6.07) is 12.2. The average Bonchev–Trinajstić information content (AvgIpc) is 3.26. The Balaban J connectivity index is 1.68. The van der Waals surface area contributed by atoms with Gasteiger partial charge in [-0.25, -0.2) is 0 Å². The molecular weight excluding hydrogens is 308 g/mol. The number of carbonyl (C=O) groups is 1. The standard InChI is InChI=1S/C19H16O3S/c20-19-13-8-12(17-6-3-7-23-17)14-9-21-10-15(14)18(13)11-4-1-2-5-16(11)22-19/h1-7,12-13,18H,8-10H2/t12-,13+,18+/m0/s1. The van der Waals surface area contributed by atoms with Crippen molar-refractivity contribution in [3.8, 4) is 5.75 Å². The third-order valence-corrected chi connectivity index (χ3v) is 6.26. The Bertz CT molecular complexity index is 806. The monoisotopic (exact) mass is 324 g/mol. The van der Waals surface area contributed by atoms with Crippen LogP contribution in [0.3, 0.4) is 0 Å². The van der Waals surface area contributed by atoms with Gasteiger partial charge in [0.05, 0.1) is 19.1 Å². The van der Waals surface area contributed by atoms with Crippen molar-refractivity contribution in [2.24, 2.45) is 5.92 Å². The van der Waals surface area contributed by atoms with E-state index in [1.54, 1.807) is 11.3 Å². The Kier molecular flexibility index (Phi) is 2.97. The molecular formula is C19H16O3S. The fourth-order valence-electron chi connectivity index (χ4n) is 4.27. The second-order valence-corrected chi connectivity index (χ2v) is 7.37. The van der Waals surface area contributed by atoms with Gasteiger partial charge in [0.2, 0.25) is 0 Å². The van der Waals surface area contributed by atoms with Crippen molar-refractivity contribution < 1.29 is 14.3 Å². The van der Waals surface area contributed by atoms with Gasteiger partial charge in [0.25, 0.3) is 0 Å². The third kappa shape index (κ3) is 1.95. The quantitative estimate of drug-likeness (QED) is 0.454. The normalized spacial score (nSPS) is 28.9. The van der Waals surface area contributed by atoms with Crippen LogP contribution in [0.1, 0.15) is 28.7 Å². The fourth-order valence-corrected chi connectivity index (χ4v) is 5.15. The first-order valence-corrected chi connectivity index (χ1v) is 8.84. The van der Waals surface area contributed by atoms with E-state index in [0.717, 1.165) is 12.0 Å². The smallest absolute Gasteiger partial charge is 0.315 e. The van der Waals surface area contributed by atoms with Crippen LogP contribution in [0.15, 0.2) is 52.9 Å². The molecule has 1 aromatic carbocycles. The third-order valence-electron chi connectivity index (χ3n) is 5.27. The Labute approximate surface area is 138 Å². The molecule has 2 aliphatic heterocycles. The maximum Gasteiger partial charge on any atom is 0.315 e. The van der Waals surface area contributed by atoms with Crippen LogP contribution in [-0.2, 0) is 9.53 Å². The van der Waals surface area contributed by atoms with Gasteiger partial charge in [-0.05, 0) is 35.1 Å². The van der Waals surface area contributed by atoms with Crippen molar-refractivity contribution in [2.45, 2.75) is 18.3 Å². The van der Waals surface area contributed by atoms with Crippen LogP contribution >= 0.6 is 11.3 Å². The molecule has 0 unspecified atom stereocenters. The van der Waals surface area contributed by atoms with Gasteiger partial charge >= 0.3 is 5.97 Å². The topological polar surface area (TPSA) is 35.5 Å². The van der Waals surface area contributed by atoms with E-state index < -0.39 is 0 Å². The maximum absolute atomic E-state index is 12.6. The summed E-state index contributed by atoms with van der Waals surface area (Å²) in [5, 5.41) is 2.10. The van der Waals surface area contributed by atoms with Crippen molar-refractivity contribution in [1.29, 1.82) is 0 Å². The summed E-state index contributed by atoms with van der Waals surface area (Å²) in [6.07, 6.45) is 0.820. The Morgan fingerprint density at radius 1 is 1.04 bits per heavy atom. The van der Waals surface area contributed by atoms with E-state index >= 15 is 0 Å². The number of hydrogen-bond donors (Lipinski definition) is 0. The largest absolute Gasteiger partial charge is 0.426 e. The highest BCUT2D eigenvalue weighted by Crippen LogP contribution is 2.54. The first-order valence-electron chi connectivity index (χ1n) is 7.96. The molecule has 0 N–H and O–H groups in total. The van der Waals surface area contributed by atoms with Crippen molar-refractivity contribution in [3.63, 3.8) is 0 Å².